The maximum absolute atomic E-state index is 13.6. The standard InChI is InChI=1S/C21H24F3N3O/c22-17-3-1-15(2-4-17)7-10-27-11-8-16(9-12-27)14-25-21(28)26-20-6-5-18(23)13-19(20)24/h1-6,13,16H,7-12,14H2,(H2,25,26,28). The zero-order chi connectivity index (χ0) is 19.9. The lowest BCUT2D eigenvalue weighted by Gasteiger charge is -2.32. The first-order valence-corrected chi connectivity index (χ1v) is 9.46. The van der Waals surface area contributed by atoms with Gasteiger partial charge in [0.05, 0.1) is 5.69 Å². The Labute approximate surface area is 162 Å². The number of urea groups is 1. The second-order valence-electron chi connectivity index (χ2n) is 7.12. The largest absolute Gasteiger partial charge is 0.338 e. The number of nitrogens with zero attached hydrogens (tertiary/aromatic N) is 1. The number of likely N-dealkylation sites (tertiary alicyclic amines) is 1. The van der Waals surface area contributed by atoms with Gasteiger partial charge in [-0.15, -0.1) is 0 Å². The predicted octanol–water partition coefficient (Wildman–Crippen LogP) is 4.18. The molecule has 0 saturated carbocycles. The van der Waals surface area contributed by atoms with Crippen molar-refractivity contribution in [3.8, 4) is 0 Å². The highest BCUT2D eigenvalue weighted by Crippen LogP contribution is 2.18. The van der Waals surface area contributed by atoms with Crippen LogP contribution in [0.5, 0.6) is 0 Å². The molecule has 0 unspecified atom stereocenters. The molecule has 0 aliphatic carbocycles. The molecule has 2 aromatic carbocycles. The molecule has 1 fully saturated rings. The Morgan fingerprint density at radius 2 is 1.68 bits per heavy atom. The number of piperidine rings is 1. The average molecular weight is 391 g/mol. The normalized spacial score (nSPS) is 15.4. The second-order valence-corrected chi connectivity index (χ2v) is 7.12. The van der Waals surface area contributed by atoms with Crippen molar-refractivity contribution < 1.29 is 18.0 Å². The molecule has 0 aromatic heterocycles. The minimum Gasteiger partial charge on any atom is -0.338 e. The summed E-state index contributed by atoms with van der Waals surface area (Å²) in [4.78, 5) is 14.3. The zero-order valence-electron chi connectivity index (χ0n) is 15.6. The molecule has 0 atom stereocenters. The van der Waals surface area contributed by atoms with Gasteiger partial charge in [-0.3, -0.25) is 0 Å². The maximum Gasteiger partial charge on any atom is 0.319 e. The fourth-order valence-corrected chi connectivity index (χ4v) is 3.35. The number of hydrogen-bond donors (Lipinski definition) is 2. The van der Waals surface area contributed by atoms with Crippen LogP contribution in [-0.4, -0.2) is 37.1 Å². The predicted molar refractivity (Wildman–Crippen MR) is 103 cm³/mol. The van der Waals surface area contributed by atoms with Gasteiger partial charge < -0.3 is 15.5 Å². The van der Waals surface area contributed by atoms with Crippen molar-refractivity contribution >= 4 is 11.7 Å². The SMILES string of the molecule is O=C(NCC1CCN(CCc2ccc(F)cc2)CC1)Nc1ccc(F)cc1F. The fourth-order valence-electron chi connectivity index (χ4n) is 3.35. The summed E-state index contributed by atoms with van der Waals surface area (Å²) >= 11 is 0. The van der Waals surface area contributed by atoms with Crippen LogP contribution in [0.3, 0.4) is 0 Å². The van der Waals surface area contributed by atoms with E-state index in [9.17, 15) is 18.0 Å². The van der Waals surface area contributed by atoms with Crippen molar-refractivity contribution in [2.24, 2.45) is 5.92 Å². The molecule has 1 aliphatic heterocycles. The Bertz CT molecular complexity index is 790. The molecule has 3 rings (SSSR count). The van der Waals surface area contributed by atoms with Crippen LogP contribution >= 0.6 is 0 Å². The third-order valence-corrected chi connectivity index (χ3v) is 5.07. The molecule has 0 spiro atoms. The minimum absolute atomic E-state index is 0.0467. The van der Waals surface area contributed by atoms with Gasteiger partial charge in [0.25, 0.3) is 0 Å². The van der Waals surface area contributed by atoms with Crippen LogP contribution < -0.4 is 10.6 Å². The van der Waals surface area contributed by atoms with E-state index in [1.54, 1.807) is 0 Å². The monoisotopic (exact) mass is 391 g/mol. The van der Waals surface area contributed by atoms with Gasteiger partial charge in [0.2, 0.25) is 0 Å². The molecule has 2 amide bonds. The molecule has 2 aromatic rings. The number of anilines is 1. The van der Waals surface area contributed by atoms with Crippen LogP contribution in [-0.2, 0) is 6.42 Å². The average Bonchev–Trinajstić information content (AvgIpc) is 2.69. The maximum atomic E-state index is 13.6. The number of carbonyl (C=O) groups excluding carboxylic acids is 1. The second kappa shape index (κ2) is 9.59. The molecule has 150 valence electrons. The van der Waals surface area contributed by atoms with Crippen LogP contribution in [0.1, 0.15) is 18.4 Å². The Hall–Kier alpha value is -2.54. The first kappa shape index (κ1) is 20.2. The summed E-state index contributed by atoms with van der Waals surface area (Å²) in [5.74, 6) is -1.34. The minimum atomic E-state index is -0.801. The molecule has 1 saturated heterocycles. The Balaban J connectivity index is 1.34. The summed E-state index contributed by atoms with van der Waals surface area (Å²) in [5.41, 5.74) is 1.07. The van der Waals surface area contributed by atoms with Gasteiger partial charge in [0.15, 0.2) is 0 Å². The number of amides is 2. The highest BCUT2D eigenvalue weighted by atomic mass is 19.1. The summed E-state index contributed by atoms with van der Waals surface area (Å²) < 4.78 is 39.4. The van der Waals surface area contributed by atoms with Crippen LogP contribution in [0.15, 0.2) is 42.5 Å². The highest BCUT2D eigenvalue weighted by molar-refractivity contribution is 5.89. The molecule has 7 heteroatoms. The van der Waals surface area contributed by atoms with Gasteiger partial charge >= 0.3 is 6.03 Å². The van der Waals surface area contributed by atoms with Crippen molar-refractivity contribution in [1.82, 2.24) is 10.2 Å². The molecular weight excluding hydrogens is 367 g/mol. The third-order valence-electron chi connectivity index (χ3n) is 5.07. The summed E-state index contributed by atoms with van der Waals surface area (Å²) in [6.45, 7) is 3.33. The molecular formula is C21H24F3N3O. The number of rotatable bonds is 6. The number of carbonyl (C=O) groups is 1. The van der Waals surface area contributed by atoms with E-state index in [4.69, 9.17) is 0 Å². The number of hydrogen-bond acceptors (Lipinski definition) is 2. The molecule has 4 nitrogen and oxygen atoms in total. The van der Waals surface area contributed by atoms with Crippen LogP contribution in [0.25, 0.3) is 0 Å². The zero-order valence-corrected chi connectivity index (χ0v) is 15.6. The lowest BCUT2D eigenvalue weighted by Crippen LogP contribution is -2.40. The van der Waals surface area contributed by atoms with E-state index >= 15 is 0 Å². The van der Waals surface area contributed by atoms with Crippen LogP contribution in [0.4, 0.5) is 23.7 Å². The Kier molecular flexibility index (Phi) is 6.92. The van der Waals surface area contributed by atoms with Gasteiger partial charge in [-0.1, -0.05) is 12.1 Å². The van der Waals surface area contributed by atoms with Gasteiger partial charge in [0.1, 0.15) is 17.5 Å². The lowest BCUT2D eigenvalue weighted by atomic mass is 9.96. The van der Waals surface area contributed by atoms with Gasteiger partial charge in [-0.2, -0.15) is 0 Å². The van der Waals surface area contributed by atoms with Crippen molar-refractivity contribution in [1.29, 1.82) is 0 Å². The summed E-state index contributed by atoms with van der Waals surface area (Å²) in [6.07, 6.45) is 2.82. The van der Waals surface area contributed by atoms with Gasteiger partial charge in [-0.25, -0.2) is 18.0 Å². The summed E-state index contributed by atoms with van der Waals surface area (Å²) in [5, 5.41) is 5.16. The molecule has 1 heterocycles. The molecule has 0 bridgehead atoms. The third kappa shape index (κ3) is 5.99. The molecule has 2 N–H and O–H groups in total. The fraction of sp³-hybridized carbons (Fsp3) is 0.381. The number of halogens is 3. The molecule has 0 radical (unpaired) electrons. The van der Waals surface area contributed by atoms with E-state index in [-0.39, 0.29) is 11.5 Å². The Morgan fingerprint density at radius 3 is 2.36 bits per heavy atom. The highest BCUT2D eigenvalue weighted by Gasteiger charge is 2.19. The molecule has 1 aliphatic rings. The lowest BCUT2D eigenvalue weighted by molar-refractivity contribution is 0.184. The van der Waals surface area contributed by atoms with Crippen LogP contribution in [0.2, 0.25) is 0 Å². The van der Waals surface area contributed by atoms with E-state index in [0.29, 0.717) is 12.5 Å². The van der Waals surface area contributed by atoms with Crippen LogP contribution in [0, 0.1) is 23.4 Å². The summed E-state index contributed by atoms with van der Waals surface area (Å²) in [6, 6.07) is 9.13. The van der Waals surface area contributed by atoms with E-state index < -0.39 is 17.7 Å². The first-order valence-electron chi connectivity index (χ1n) is 9.46. The van der Waals surface area contributed by atoms with Gasteiger partial charge in [0, 0.05) is 19.2 Å². The quantitative estimate of drug-likeness (QED) is 0.776. The summed E-state index contributed by atoms with van der Waals surface area (Å²) in [7, 11) is 0. The van der Waals surface area contributed by atoms with Gasteiger partial charge in [-0.05, 0) is 68.1 Å². The van der Waals surface area contributed by atoms with Crippen molar-refractivity contribution in [3.05, 3.63) is 65.5 Å². The van der Waals surface area contributed by atoms with Crippen molar-refractivity contribution in [3.63, 3.8) is 0 Å². The molecule has 28 heavy (non-hydrogen) atoms. The van der Waals surface area contributed by atoms with E-state index in [2.05, 4.69) is 15.5 Å². The number of nitrogens with one attached hydrogen (secondary N) is 2. The van der Waals surface area contributed by atoms with E-state index in [1.807, 2.05) is 12.1 Å². The Morgan fingerprint density at radius 1 is 1.00 bits per heavy atom. The van der Waals surface area contributed by atoms with Crippen molar-refractivity contribution in [2.45, 2.75) is 19.3 Å². The van der Waals surface area contributed by atoms with Crippen molar-refractivity contribution in [2.75, 3.05) is 31.5 Å². The van der Waals surface area contributed by atoms with E-state index in [1.165, 1.54) is 18.2 Å². The first-order chi connectivity index (χ1) is 13.5. The number of benzene rings is 2. The smallest absolute Gasteiger partial charge is 0.319 e. The van der Waals surface area contributed by atoms with E-state index in [0.717, 1.165) is 56.6 Å². The topological polar surface area (TPSA) is 44.4 Å².